The molecule has 3 aliphatic heterocycles. The summed E-state index contributed by atoms with van der Waals surface area (Å²) in [6, 6.07) is 10.1. The molecule has 2 aromatic carbocycles. The molecule has 3 aliphatic rings. The number of hydrogen-bond acceptors (Lipinski definition) is 5. The summed E-state index contributed by atoms with van der Waals surface area (Å²) in [5.74, 6) is 0.409. The van der Waals surface area contributed by atoms with Crippen molar-refractivity contribution < 1.29 is 22.7 Å². The minimum Gasteiger partial charge on any atom is -0.379 e. The zero-order chi connectivity index (χ0) is 24.4. The van der Waals surface area contributed by atoms with Crippen LogP contribution in [0.3, 0.4) is 0 Å². The number of amides is 1. The lowest BCUT2D eigenvalue weighted by Gasteiger charge is -2.42. The van der Waals surface area contributed by atoms with Crippen LogP contribution in [0.4, 0.5) is 18.9 Å². The number of nitrogens with one attached hydrogen (secondary N) is 1. The van der Waals surface area contributed by atoms with Gasteiger partial charge >= 0.3 is 6.18 Å². The first-order valence-electron chi connectivity index (χ1n) is 11.6. The zero-order valence-corrected chi connectivity index (χ0v) is 19.1. The Morgan fingerprint density at radius 1 is 1.23 bits per heavy atom. The van der Waals surface area contributed by atoms with Crippen molar-refractivity contribution in [3.8, 4) is 0 Å². The summed E-state index contributed by atoms with van der Waals surface area (Å²) in [7, 11) is 1.88. The van der Waals surface area contributed by atoms with Crippen molar-refractivity contribution in [1.29, 1.82) is 0 Å². The molecular formula is C25H24F3N5O2. The molecule has 0 radical (unpaired) electrons. The highest BCUT2D eigenvalue weighted by Gasteiger charge is 2.44. The van der Waals surface area contributed by atoms with Gasteiger partial charge in [0.15, 0.2) is 0 Å². The third-order valence-corrected chi connectivity index (χ3v) is 7.42. The second kappa shape index (κ2) is 7.89. The summed E-state index contributed by atoms with van der Waals surface area (Å²) in [5.41, 5.74) is 1.17. The van der Waals surface area contributed by atoms with Gasteiger partial charge in [0.05, 0.1) is 25.3 Å². The maximum absolute atomic E-state index is 14.0. The second-order valence-electron chi connectivity index (χ2n) is 9.64. The molecule has 1 aromatic heterocycles. The van der Waals surface area contributed by atoms with Crippen molar-refractivity contribution in [2.45, 2.75) is 37.0 Å². The van der Waals surface area contributed by atoms with E-state index in [0.29, 0.717) is 30.9 Å². The van der Waals surface area contributed by atoms with Crippen LogP contribution >= 0.6 is 0 Å². The zero-order valence-electron chi connectivity index (χ0n) is 19.1. The number of aryl methyl sites for hydroxylation is 1. The van der Waals surface area contributed by atoms with Crippen molar-refractivity contribution in [1.82, 2.24) is 20.1 Å². The van der Waals surface area contributed by atoms with Gasteiger partial charge in [-0.25, -0.2) is 0 Å². The van der Waals surface area contributed by atoms with Crippen molar-refractivity contribution in [2.75, 3.05) is 24.7 Å². The first kappa shape index (κ1) is 22.2. The highest BCUT2D eigenvalue weighted by atomic mass is 19.4. The second-order valence-corrected chi connectivity index (χ2v) is 9.64. The number of ether oxygens (including phenoxy) is 1. The Labute approximate surface area is 199 Å². The Balaban J connectivity index is 1.35. The van der Waals surface area contributed by atoms with Gasteiger partial charge in [-0.2, -0.15) is 13.2 Å². The first-order valence-corrected chi connectivity index (χ1v) is 11.6. The lowest BCUT2D eigenvalue weighted by molar-refractivity contribution is -0.138. The molecule has 7 nitrogen and oxygen atoms in total. The fraction of sp³-hybridized carbons (Fsp3) is 0.400. The summed E-state index contributed by atoms with van der Waals surface area (Å²) in [4.78, 5) is 14.8. The number of aromatic nitrogens is 3. The van der Waals surface area contributed by atoms with Crippen molar-refractivity contribution in [2.24, 2.45) is 7.05 Å². The quantitative estimate of drug-likeness (QED) is 0.601. The maximum atomic E-state index is 14.0. The third kappa shape index (κ3) is 3.63. The molecule has 0 saturated carbocycles. The van der Waals surface area contributed by atoms with Gasteiger partial charge in [-0.05, 0) is 53.9 Å². The number of nitrogens with zero attached hydrogens (tertiary/aromatic N) is 4. The van der Waals surface area contributed by atoms with E-state index >= 15 is 0 Å². The van der Waals surface area contributed by atoms with E-state index in [0.717, 1.165) is 24.4 Å². The summed E-state index contributed by atoms with van der Waals surface area (Å²) < 4.78 is 49.3. The Hall–Kier alpha value is -3.24. The minimum atomic E-state index is -4.54. The molecule has 0 bridgehead atoms. The molecule has 182 valence electrons. The van der Waals surface area contributed by atoms with Crippen LogP contribution in [-0.2, 0) is 36.3 Å². The molecule has 2 fully saturated rings. The molecule has 6 rings (SSSR count). The van der Waals surface area contributed by atoms with Crippen LogP contribution in [0.1, 0.15) is 50.9 Å². The molecular weight excluding hydrogens is 459 g/mol. The predicted octanol–water partition coefficient (Wildman–Crippen LogP) is 3.54. The number of carbonyl (C=O) groups is 1. The highest BCUT2D eigenvalue weighted by molar-refractivity contribution is 6.10. The van der Waals surface area contributed by atoms with Gasteiger partial charge in [0.1, 0.15) is 12.2 Å². The normalized spacial score (nSPS) is 21.0. The van der Waals surface area contributed by atoms with E-state index in [9.17, 15) is 18.0 Å². The Morgan fingerprint density at radius 3 is 2.63 bits per heavy atom. The molecule has 0 aliphatic carbocycles. The molecule has 10 heteroatoms. The van der Waals surface area contributed by atoms with Crippen LogP contribution in [-0.4, -0.2) is 40.4 Å². The van der Waals surface area contributed by atoms with E-state index in [2.05, 4.69) is 15.5 Å². The van der Waals surface area contributed by atoms with E-state index < -0.39 is 17.6 Å². The molecule has 1 N–H and O–H groups in total. The van der Waals surface area contributed by atoms with Crippen molar-refractivity contribution in [3.63, 3.8) is 0 Å². The molecule has 0 spiro atoms. The summed E-state index contributed by atoms with van der Waals surface area (Å²) in [6.07, 6.45) is -1.53. The van der Waals surface area contributed by atoms with Crippen molar-refractivity contribution in [3.05, 3.63) is 76.4 Å². The lowest BCUT2D eigenvalue weighted by atomic mass is 9.75. The van der Waals surface area contributed by atoms with Crippen LogP contribution in [0.15, 0.2) is 42.7 Å². The molecule has 35 heavy (non-hydrogen) atoms. The molecule has 1 amide bonds. The average Bonchev–Trinajstić information content (AvgIpc) is 3.31. The van der Waals surface area contributed by atoms with Gasteiger partial charge in [-0.15, -0.1) is 10.2 Å². The number of anilines is 1. The third-order valence-electron chi connectivity index (χ3n) is 7.42. The molecule has 0 unspecified atom stereocenters. The molecule has 1 atom stereocenters. The van der Waals surface area contributed by atoms with E-state index in [1.807, 2.05) is 29.8 Å². The fourth-order valence-corrected chi connectivity index (χ4v) is 5.16. The van der Waals surface area contributed by atoms with Gasteiger partial charge in [-0.3, -0.25) is 4.79 Å². The Morgan fingerprint density at radius 2 is 2.03 bits per heavy atom. The topological polar surface area (TPSA) is 72.3 Å². The van der Waals surface area contributed by atoms with Gasteiger partial charge in [0.2, 0.25) is 0 Å². The number of hydrogen-bond donors (Lipinski definition) is 1. The first-order chi connectivity index (χ1) is 16.7. The van der Waals surface area contributed by atoms with E-state index in [1.165, 1.54) is 11.0 Å². The molecule has 2 saturated heterocycles. The Bertz CT molecular complexity index is 1310. The number of benzene rings is 2. The Kier molecular flexibility index (Phi) is 5.01. The fourth-order valence-electron chi connectivity index (χ4n) is 5.16. The number of halogens is 3. The largest absolute Gasteiger partial charge is 0.416 e. The van der Waals surface area contributed by atoms with Crippen LogP contribution in [0.5, 0.6) is 0 Å². The molecule has 4 heterocycles. The standard InChI is InChI=1S/C25H24F3N5O2/c1-32-14-30-31-22(32)10-24(12-35-13-24)16-3-2-4-17(9-16)33-11-19-18(23(33)34)7-15(21-5-6-29-21)8-20(19)25(26,27)28/h2-4,7-9,14,21,29H,5-6,10-13H2,1H3/t21-/m0/s1. The van der Waals surface area contributed by atoms with E-state index in [4.69, 9.17) is 4.74 Å². The van der Waals surface area contributed by atoms with E-state index in [1.54, 1.807) is 18.5 Å². The van der Waals surface area contributed by atoms with Gasteiger partial charge in [-0.1, -0.05) is 12.1 Å². The highest BCUT2D eigenvalue weighted by Crippen LogP contribution is 2.42. The van der Waals surface area contributed by atoms with Crippen LogP contribution in [0, 0.1) is 0 Å². The van der Waals surface area contributed by atoms with E-state index in [-0.39, 0.29) is 29.1 Å². The summed E-state index contributed by atoms with van der Waals surface area (Å²) >= 11 is 0. The average molecular weight is 483 g/mol. The summed E-state index contributed by atoms with van der Waals surface area (Å²) in [5, 5.41) is 11.3. The number of carbonyl (C=O) groups excluding carboxylic acids is 1. The monoisotopic (exact) mass is 483 g/mol. The van der Waals surface area contributed by atoms with Crippen LogP contribution < -0.4 is 10.2 Å². The smallest absolute Gasteiger partial charge is 0.379 e. The van der Waals surface area contributed by atoms with Crippen LogP contribution in [0.2, 0.25) is 0 Å². The van der Waals surface area contributed by atoms with Gasteiger partial charge in [0, 0.05) is 36.2 Å². The predicted molar refractivity (Wildman–Crippen MR) is 121 cm³/mol. The molecule has 3 aromatic rings. The van der Waals surface area contributed by atoms with Gasteiger partial charge < -0.3 is 19.5 Å². The summed E-state index contributed by atoms with van der Waals surface area (Å²) in [6.45, 7) is 1.63. The minimum absolute atomic E-state index is 0.0387. The lowest BCUT2D eigenvalue weighted by Crippen LogP contribution is -2.49. The maximum Gasteiger partial charge on any atom is 0.416 e. The van der Waals surface area contributed by atoms with Crippen molar-refractivity contribution >= 4 is 11.6 Å². The number of alkyl halides is 3. The number of fused-ring (bicyclic) bond motifs is 1. The van der Waals surface area contributed by atoms with Gasteiger partial charge in [0.25, 0.3) is 5.91 Å². The van der Waals surface area contributed by atoms with Crippen LogP contribution in [0.25, 0.3) is 0 Å². The SMILES string of the molecule is Cn1cnnc1CC1(c2cccc(N3Cc4c(cc([C@@H]5CCN5)cc4C(F)(F)F)C3=O)c2)COC1. The number of rotatable bonds is 5.